The van der Waals surface area contributed by atoms with E-state index in [-0.39, 0.29) is 17.4 Å². The molecule has 178 valence electrons. The number of phenolic OH excluding ortho intramolecular Hbond substituents is 1. The Bertz CT molecular complexity index is 1200. The summed E-state index contributed by atoms with van der Waals surface area (Å²) in [5, 5.41) is 16.7. The van der Waals surface area contributed by atoms with E-state index < -0.39 is 5.92 Å². The average Bonchev–Trinajstić information content (AvgIpc) is 2.81. The zero-order valence-electron chi connectivity index (χ0n) is 19.3. The fourth-order valence-electron chi connectivity index (χ4n) is 4.52. The van der Waals surface area contributed by atoms with E-state index in [9.17, 15) is 14.7 Å². The first-order valence-electron chi connectivity index (χ1n) is 11.2. The van der Waals surface area contributed by atoms with Gasteiger partial charge in [0.05, 0.1) is 18.2 Å². The van der Waals surface area contributed by atoms with Crippen LogP contribution in [0.25, 0.3) is 0 Å². The topological polar surface area (TPSA) is 96.9 Å². The van der Waals surface area contributed by atoms with E-state index in [1.807, 2.05) is 13.8 Å². The van der Waals surface area contributed by atoms with Gasteiger partial charge < -0.3 is 25.2 Å². The first-order chi connectivity index (χ1) is 16.3. The molecule has 8 heteroatoms. The quantitative estimate of drug-likeness (QED) is 0.480. The summed E-state index contributed by atoms with van der Waals surface area (Å²) in [6.45, 7) is 4.04. The largest absolute Gasteiger partial charge is 0.503 e. The van der Waals surface area contributed by atoms with Gasteiger partial charge in [0.1, 0.15) is 5.75 Å². The molecule has 1 aliphatic carbocycles. The molecular weight excluding hydrogens is 500 g/mol. The fraction of sp³-hybridized carbons (Fsp3) is 0.308. The van der Waals surface area contributed by atoms with E-state index in [0.717, 1.165) is 18.5 Å². The number of anilines is 1. The predicted octanol–water partition coefficient (Wildman–Crippen LogP) is 5.17. The van der Waals surface area contributed by atoms with Crippen molar-refractivity contribution < 1.29 is 24.2 Å². The molecule has 0 bridgehead atoms. The highest BCUT2D eigenvalue weighted by Crippen LogP contribution is 2.46. The van der Waals surface area contributed by atoms with Crippen LogP contribution in [0.4, 0.5) is 5.69 Å². The van der Waals surface area contributed by atoms with Crippen LogP contribution in [0.15, 0.2) is 63.4 Å². The molecule has 34 heavy (non-hydrogen) atoms. The first kappa shape index (κ1) is 23.9. The number of carbonyl (C=O) groups is 2. The summed E-state index contributed by atoms with van der Waals surface area (Å²) in [5.74, 6) is 0.0661. The molecule has 3 N–H and O–H groups in total. The Morgan fingerprint density at radius 3 is 2.65 bits per heavy atom. The minimum atomic E-state index is -0.599. The number of ether oxygens (including phenoxy) is 2. The third-order valence-electron chi connectivity index (χ3n) is 6.05. The Balaban J connectivity index is 1.81. The number of ketones is 1. The molecule has 7 nitrogen and oxygen atoms in total. The molecule has 1 atom stereocenters. The van der Waals surface area contributed by atoms with Gasteiger partial charge in [-0.25, -0.2) is 0 Å². The van der Waals surface area contributed by atoms with Crippen molar-refractivity contribution in [1.82, 2.24) is 5.32 Å². The number of aromatic hydroxyl groups is 1. The number of carbonyl (C=O) groups excluding carboxylic acids is 2. The highest BCUT2D eigenvalue weighted by Gasteiger charge is 2.39. The zero-order valence-corrected chi connectivity index (χ0v) is 20.9. The van der Waals surface area contributed by atoms with Crippen LogP contribution in [-0.2, 0) is 9.59 Å². The number of phenols is 1. The Labute approximate surface area is 207 Å². The average molecular weight is 527 g/mol. The van der Waals surface area contributed by atoms with Crippen LogP contribution in [0.2, 0.25) is 0 Å². The predicted molar refractivity (Wildman–Crippen MR) is 133 cm³/mol. The molecular formula is C26H27BrN2O5. The molecule has 0 spiro atoms. The molecule has 1 unspecified atom stereocenters. The number of rotatable bonds is 6. The second kappa shape index (κ2) is 9.93. The minimum absolute atomic E-state index is 0.0168. The molecule has 0 aromatic heterocycles. The second-order valence-corrected chi connectivity index (χ2v) is 9.09. The lowest BCUT2D eigenvalue weighted by Gasteiger charge is -2.34. The summed E-state index contributed by atoms with van der Waals surface area (Å²) in [7, 11) is 1.58. The number of benzene rings is 2. The van der Waals surface area contributed by atoms with Gasteiger partial charge in [-0.1, -0.05) is 0 Å². The Morgan fingerprint density at radius 2 is 1.97 bits per heavy atom. The minimum Gasteiger partial charge on any atom is -0.503 e. The standard InChI is InChI=1S/C26H27BrN2O5/c1-4-34-21-13-15(12-18(27)25(21)31)23-22(14(2)28-19-6-5-7-20(30)24(19)23)26(32)29-16-8-10-17(33-3)11-9-16/h8-13,23,28,31H,4-7H2,1-3H3,(H,29,32). The van der Waals surface area contributed by atoms with Crippen LogP contribution < -0.4 is 20.1 Å². The summed E-state index contributed by atoms with van der Waals surface area (Å²) in [6, 6.07) is 10.5. The zero-order chi connectivity index (χ0) is 24.4. The van der Waals surface area contributed by atoms with Crippen LogP contribution in [0.3, 0.4) is 0 Å². The lowest BCUT2D eigenvalue weighted by molar-refractivity contribution is -0.116. The van der Waals surface area contributed by atoms with Crippen LogP contribution in [-0.4, -0.2) is 30.5 Å². The summed E-state index contributed by atoms with van der Waals surface area (Å²) in [5.41, 5.74) is 3.88. The van der Waals surface area contributed by atoms with E-state index in [1.165, 1.54) is 0 Å². The number of halogens is 1. The van der Waals surface area contributed by atoms with Gasteiger partial charge in [-0.05, 0) is 84.6 Å². The number of hydrogen-bond acceptors (Lipinski definition) is 6. The van der Waals surface area contributed by atoms with Crippen molar-refractivity contribution in [3.05, 3.63) is 69.0 Å². The molecule has 2 aliphatic rings. The monoisotopic (exact) mass is 526 g/mol. The van der Waals surface area contributed by atoms with Gasteiger partial charge in [0.15, 0.2) is 17.3 Å². The van der Waals surface area contributed by atoms with Crippen LogP contribution in [0, 0.1) is 0 Å². The Kier molecular flexibility index (Phi) is 6.97. The molecule has 1 heterocycles. The molecule has 1 aliphatic heterocycles. The fourth-order valence-corrected chi connectivity index (χ4v) is 4.98. The number of Topliss-reactive ketones (excluding diaryl/α,β-unsaturated/α-hetero) is 1. The van der Waals surface area contributed by atoms with Crippen molar-refractivity contribution in [3.63, 3.8) is 0 Å². The van der Waals surface area contributed by atoms with Crippen molar-refractivity contribution >= 4 is 33.3 Å². The maximum atomic E-state index is 13.6. The summed E-state index contributed by atoms with van der Waals surface area (Å²) in [6.07, 6.45) is 1.93. The van der Waals surface area contributed by atoms with E-state index in [4.69, 9.17) is 9.47 Å². The lowest BCUT2D eigenvalue weighted by atomic mass is 9.75. The highest BCUT2D eigenvalue weighted by atomic mass is 79.9. The van der Waals surface area contributed by atoms with E-state index >= 15 is 0 Å². The third-order valence-corrected chi connectivity index (χ3v) is 6.66. The molecule has 0 radical (unpaired) electrons. The van der Waals surface area contributed by atoms with E-state index in [0.29, 0.717) is 57.1 Å². The Morgan fingerprint density at radius 1 is 1.24 bits per heavy atom. The van der Waals surface area contributed by atoms with E-state index in [2.05, 4.69) is 26.6 Å². The molecule has 0 saturated heterocycles. The van der Waals surface area contributed by atoms with Crippen molar-refractivity contribution in [3.8, 4) is 17.2 Å². The van der Waals surface area contributed by atoms with Crippen LogP contribution in [0.5, 0.6) is 17.2 Å². The number of amides is 1. The van der Waals surface area contributed by atoms with Gasteiger partial charge in [0.2, 0.25) is 0 Å². The molecule has 2 aromatic rings. The molecule has 0 saturated carbocycles. The molecule has 1 amide bonds. The van der Waals surface area contributed by atoms with Gasteiger partial charge >= 0.3 is 0 Å². The SMILES string of the molecule is CCOc1cc(C2C(C(=O)Nc3ccc(OC)cc3)=C(C)NC3=C2C(=O)CCC3)cc(Br)c1O. The summed E-state index contributed by atoms with van der Waals surface area (Å²) in [4.78, 5) is 26.7. The smallest absolute Gasteiger partial charge is 0.254 e. The van der Waals surface area contributed by atoms with Gasteiger partial charge in [-0.15, -0.1) is 0 Å². The van der Waals surface area contributed by atoms with Crippen LogP contribution >= 0.6 is 15.9 Å². The van der Waals surface area contributed by atoms with Crippen molar-refractivity contribution in [1.29, 1.82) is 0 Å². The molecule has 0 fully saturated rings. The van der Waals surface area contributed by atoms with Gasteiger partial charge in [0, 0.05) is 40.6 Å². The number of nitrogens with one attached hydrogen (secondary N) is 2. The number of dihydropyridines is 1. The maximum Gasteiger partial charge on any atom is 0.254 e. The van der Waals surface area contributed by atoms with Crippen molar-refractivity contribution in [2.45, 2.75) is 39.0 Å². The number of hydrogen-bond donors (Lipinski definition) is 3. The van der Waals surface area contributed by atoms with E-state index in [1.54, 1.807) is 43.5 Å². The molecule has 4 rings (SSSR count). The Hall–Kier alpha value is -3.26. The molecule has 2 aromatic carbocycles. The second-order valence-electron chi connectivity index (χ2n) is 8.23. The van der Waals surface area contributed by atoms with Crippen LogP contribution in [0.1, 0.15) is 44.6 Å². The van der Waals surface area contributed by atoms with Crippen molar-refractivity contribution in [2.75, 3.05) is 19.0 Å². The summed E-state index contributed by atoms with van der Waals surface area (Å²) >= 11 is 3.40. The normalized spacial score (nSPS) is 17.8. The highest BCUT2D eigenvalue weighted by molar-refractivity contribution is 9.10. The third kappa shape index (κ3) is 4.55. The lowest BCUT2D eigenvalue weighted by Crippen LogP contribution is -2.35. The maximum absolute atomic E-state index is 13.6. The van der Waals surface area contributed by atoms with Gasteiger partial charge in [-0.2, -0.15) is 0 Å². The van der Waals surface area contributed by atoms with Crippen molar-refractivity contribution in [2.24, 2.45) is 0 Å². The number of methoxy groups -OCH3 is 1. The summed E-state index contributed by atoms with van der Waals surface area (Å²) < 4.78 is 11.3. The van der Waals surface area contributed by atoms with Gasteiger partial charge in [-0.3, -0.25) is 9.59 Å². The number of allylic oxidation sites excluding steroid dienone is 3. The van der Waals surface area contributed by atoms with Gasteiger partial charge in [0.25, 0.3) is 5.91 Å². The first-order valence-corrected chi connectivity index (χ1v) is 12.0.